The van der Waals surface area contributed by atoms with E-state index in [1.807, 2.05) is 44.4 Å². The van der Waals surface area contributed by atoms with Crippen LogP contribution in [0.25, 0.3) is 0 Å². The minimum absolute atomic E-state index is 0.0549. The van der Waals surface area contributed by atoms with Gasteiger partial charge in [-0.15, -0.1) is 11.8 Å². The van der Waals surface area contributed by atoms with Gasteiger partial charge in [0.15, 0.2) is 0 Å². The van der Waals surface area contributed by atoms with Crippen LogP contribution in [0.2, 0.25) is 0 Å². The summed E-state index contributed by atoms with van der Waals surface area (Å²) < 4.78 is 29.0. The highest BCUT2D eigenvalue weighted by molar-refractivity contribution is 7.99. The Labute approximate surface area is 236 Å². The van der Waals surface area contributed by atoms with Crippen LogP contribution in [-0.4, -0.2) is 77.1 Å². The third-order valence-corrected chi connectivity index (χ3v) is 9.06. The Kier molecular flexibility index (Phi) is 10.4. The lowest BCUT2D eigenvalue weighted by Gasteiger charge is -2.29. The van der Waals surface area contributed by atoms with Crippen molar-refractivity contribution in [1.82, 2.24) is 10.2 Å². The minimum Gasteiger partial charge on any atom is -0.380 e. The summed E-state index contributed by atoms with van der Waals surface area (Å²) in [5.41, 5.74) is 4.66. The highest BCUT2D eigenvalue weighted by atomic mass is 32.2. The Bertz CT molecular complexity index is 1280. The van der Waals surface area contributed by atoms with E-state index in [4.69, 9.17) is 0 Å². The molecule has 4 rings (SSSR count). The molecule has 1 atom stereocenters. The molecule has 3 aromatic rings. The van der Waals surface area contributed by atoms with Crippen LogP contribution < -0.4 is 25.7 Å². The highest BCUT2D eigenvalue weighted by Crippen LogP contribution is 2.29. The van der Waals surface area contributed by atoms with Crippen molar-refractivity contribution >= 4 is 44.5 Å². The molecular weight excluding hydrogens is 532 g/mol. The molecular formula is C28H38N6O3S2. The molecule has 210 valence electrons. The number of nitrogens with zero attached hydrogens (tertiary/aromatic N) is 2. The quantitative estimate of drug-likeness (QED) is 0.152. The topological polar surface area (TPSA) is 109 Å². The average molecular weight is 571 g/mol. The van der Waals surface area contributed by atoms with Gasteiger partial charge in [-0.25, -0.2) is 8.42 Å². The Morgan fingerprint density at radius 1 is 1.00 bits per heavy atom. The molecule has 9 nitrogen and oxygen atoms in total. The summed E-state index contributed by atoms with van der Waals surface area (Å²) in [6.45, 7) is 4.59. The van der Waals surface area contributed by atoms with Crippen LogP contribution in [0, 0.1) is 0 Å². The zero-order chi connectivity index (χ0) is 27.7. The van der Waals surface area contributed by atoms with Gasteiger partial charge in [0.1, 0.15) is 0 Å². The maximum Gasteiger partial charge on any atom is 0.261 e. The maximum absolute atomic E-state index is 13.2. The molecule has 1 heterocycles. The SMILES string of the molecule is CN(C)CC[C@H](CSc1ccccc1)Nc1ccc(S(=O)(=O)Nc2ccc(N3CCNCC3)cc2)cc1NO. The summed E-state index contributed by atoms with van der Waals surface area (Å²) in [5, 5.41) is 16.7. The second kappa shape index (κ2) is 13.9. The van der Waals surface area contributed by atoms with E-state index in [0.717, 1.165) is 50.6 Å². The molecule has 1 saturated heterocycles. The van der Waals surface area contributed by atoms with Crippen molar-refractivity contribution < 1.29 is 13.6 Å². The molecule has 11 heteroatoms. The van der Waals surface area contributed by atoms with E-state index in [9.17, 15) is 13.6 Å². The monoisotopic (exact) mass is 570 g/mol. The van der Waals surface area contributed by atoms with Gasteiger partial charge in [-0.05, 0) is 81.7 Å². The first-order chi connectivity index (χ1) is 18.8. The number of rotatable bonds is 13. The summed E-state index contributed by atoms with van der Waals surface area (Å²) in [6.07, 6.45) is 0.878. The van der Waals surface area contributed by atoms with Gasteiger partial charge in [0.25, 0.3) is 10.0 Å². The first-order valence-corrected chi connectivity index (χ1v) is 15.5. The normalized spacial score (nSPS) is 14.7. The van der Waals surface area contributed by atoms with Gasteiger partial charge in [-0.2, -0.15) is 0 Å². The van der Waals surface area contributed by atoms with Gasteiger partial charge in [-0.1, -0.05) is 18.2 Å². The van der Waals surface area contributed by atoms with Crippen molar-refractivity contribution in [2.45, 2.75) is 22.3 Å². The molecule has 0 unspecified atom stereocenters. The number of piperazine rings is 1. The third-order valence-electron chi connectivity index (χ3n) is 6.50. The van der Waals surface area contributed by atoms with Crippen molar-refractivity contribution in [1.29, 1.82) is 0 Å². The van der Waals surface area contributed by atoms with E-state index in [1.165, 1.54) is 11.0 Å². The molecule has 0 saturated carbocycles. The zero-order valence-electron chi connectivity index (χ0n) is 22.4. The summed E-state index contributed by atoms with van der Waals surface area (Å²) in [7, 11) is 0.210. The molecule has 5 N–H and O–H groups in total. The largest absolute Gasteiger partial charge is 0.380 e. The fourth-order valence-electron chi connectivity index (χ4n) is 4.33. The van der Waals surface area contributed by atoms with Crippen LogP contribution in [0.3, 0.4) is 0 Å². The Hall–Kier alpha value is -2.96. The van der Waals surface area contributed by atoms with Crippen LogP contribution >= 0.6 is 11.8 Å². The number of thioether (sulfide) groups is 1. The van der Waals surface area contributed by atoms with Crippen molar-refractivity contribution in [3.63, 3.8) is 0 Å². The first kappa shape index (κ1) is 29.0. The van der Waals surface area contributed by atoms with E-state index >= 15 is 0 Å². The van der Waals surface area contributed by atoms with Gasteiger partial charge in [0.05, 0.1) is 16.3 Å². The molecule has 1 aliphatic rings. The van der Waals surface area contributed by atoms with Crippen LogP contribution in [0.1, 0.15) is 6.42 Å². The van der Waals surface area contributed by atoms with Gasteiger partial charge < -0.3 is 20.4 Å². The standard InChI is InChI=1S/C28H38N6O3S2/c1-33(2)17-14-23(21-38-25-6-4-3-5-7-25)30-27-13-12-26(20-28(27)31-35)39(36,37)32-22-8-10-24(11-9-22)34-18-15-29-16-19-34/h3-13,20,23,29-32,35H,14-19,21H2,1-2H3/t23-/m1/s1. The zero-order valence-corrected chi connectivity index (χ0v) is 24.1. The number of benzene rings is 3. The van der Waals surface area contributed by atoms with Crippen molar-refractivity contribution in [2.24, 2.45) is 0 Å². The lowest BCUT2D eigenvalue weighted by atomic mass is 10.2. The summed E-state index contributed by atoms with van der Waals surface area (Å²) in [6, 6.07) is 22.4. The lowest BCUT2D eigenvalue weighted by Crippen LogP contribution is -2.43. The fraction of sp³-hybridized carbons (Fsp3) is 0.357. The number of hydrogen-bond acceptors (Lipinski definition) is 9. The van der Waals surface area contributed by atoms with E-state index in [2.05, 4.69) is 42.8 Å². The van der Waals surface area contributed by atoms with Crippen molar-refractivity contribution in [3.8, 4) is 0 Å². The Morgan fingerprint density at radius 3 is 2.38 bits per heavy atom. The molecule has 1 fully saturated rings. The van der Waals surface area contributed by atoms with Crippen LogP contribution in [0.5, 0.6) is 0 Å². The molecule has 0 radical (unpaired) electrons. The average Bonchev–Trinajstić information content (AvgIpc) is 2.95. The van der Waals surface area contributed by atoms with Gasteiger partial charge in [-0.3, -0.25) is 15.4 Å². The molecule has 0 spiro atoms. The maximum atomic E-state index is 13.2. The molecule has 0 aromatic heterocycles. The lowest BCUT2D eigenvalue weighted by molar-refractivity contribution is 0.387. The van der Waals surface area contributed by atoms with Crippen LogP contribution in [0.4, 0.5) is 22.7 Å². The molecule has 0 bridgehead atoms. The Balaban J connectivity index is 1.45. The molecule has 1 aliphatic heterocycles. The molecule has 0 aliphatic carbocycles. The van der Waals surface area contributed by atoms with E-state index in [-0.39, 0.29) is 10.9 Å². The molecule has 0 amide bonds. The summed E-state index contributed by atoms with van der Waals surface area (Å²) >= 11 is 1.76. The first-order valence-electron chi connectivity index (χ1n) is 13.1. The number of anilines is 4. The van der Waals surface area contributed by atoms with E-state index in [1.54, 1.807) is 36.0 Å². The van der Waals surface area contributed by atoms with Crippen molar-refractivity contribution in [2.75, 3.05) is 73.0 Å². The molecule has 3 aromatic carbocycles. The van der Waals surface area contributed by atoms with E-state index in [0.29, 0.717) is 17.1 Å². The summed E-state index contributed by atoms with van der Waals surface area (Å²) in [4.78, 5) is 5.64. The van der Waals surface area contributed by atoms with Gasteiger partial charge >= 0.3 is 0 Å². The second-order valence-electron chi connectivity index (χ2n) is 9.77. The number of nitrogens with one attached hydrogen (secondary N) is 4. The Morgan fingerprint density at radius 2 is 1.72 bits per heavy atom. The van der Waals surface area contributed by atoms with Gasteiger partial charge in [0, 0.05) is 54.2 Å². The molecule has 39 heavy (non-hydrogen) atoms. The number of sulfonamides is 1. The minimum atomic E-state index is -3.86. The summed E-state index contributed by atoms with van der Waals surface area (Å²) in [5.74, 6) is 0.814. The second-order valence-corrected chi connectivity index (χ2v) is 12.5. The van der Waals surface area contributed by atoms with E-state index < -0.39 is 10.0 Å². The predicted octanol–water partition coefficient (Wildman–Crippen LogP) is 4.22. The van der Waals surface area contributed by atoms with Crippen LogP contribution in [-0.2, 0) is 10.0 Å². The van der Waals surface area contributed by atoms with Crippen LogP contribution in [0.15, 0.2) is 82.6 Å². The fourth-order valence-corrected chi connectivity index (χ4v) is 6.41. The predicted molar refractivity (Wildman–Crippen MR) is 162 cm³/mol. The van der Waals surface area contributed by atoms with Crippen molar-refractivity contribution in [3.05, 3.63) is 72.8 Å². The highest BCUT2D eigenvalue weighted by Gasteiger charge is 2.19. The third kappa shape index (κ3) is 8.51. The smallest absolute Gasteiger partial charge is 0.261 e. The number of hydrogen-bond donors (Lipinski definition) is 5. The van der Waals surface area contributed by atoms with Gasteiger partial charge in [0.2, 0.25) is 0 Å².